The van der Waals surface area contributed by atoms with Gasteiger partial charge in [-0.3, -0.25) is 4.79 Å². The highest BCUT2D eigenvalue weighted by Gasteiger charge is 2.15. The maximum Gasteiger partial charge on any atom is 0.335 e. The summed E-state index contributed by atoms with van der Waals surface area (Å²) in [6.45, 7) is 0. The van der Waals surface area contributed by atoms with E-state index in [1.165, 1.54) is 28.9 Å². The highest BCUT2D eigenvalue weighted by Crippen LogP contribution is 2.27. The number of aromatic nitrogens is 1. The van der Waals surface area contributed by atoms with Crippen LogP contribution in [0.15, 0.2) is 41.2 Å². The number of hydrogen-bond donors (Lipinski definition) is 2. The Morgan fingerprint density at radius 1 is 1.26 bits per heavy atom. The summed E-state index contributed by atoms with van der Waals surface area (Å²) in [6.07, 6.45) is 1.41. The normalized spacial score (nSPS) is 10.5. The molecule has 0 aliphatic heterocycles. The number of aromatic carboxylic acids is 1. The average molecular weight is 348 g/mol. The van der Waals surface area contributed by atoms with Crippen molar-refractivity contribution in [2.45, 2.75) is 0 Å². The summed E-state index contributed by atoms with van der Waals surface area (Å²) >= 11 is 2.70. The van der Waals surface area contributed by atoms with Crippen molar-refractivity contribution in [1.82, 2.24) is 4.98 Å². The van der Waals surface area contributed by atoms with Gasteiger partial charge >= 0.3 is 5.97 Å². The number of carboxylic acid groups (broad SMARTS) is 1. The summed E-state index contributed by atoms with van der Waals surface area (Å²) in [5.41, 5.74) is 0.628. The number of carbonyl (C=O) groups excluding carboxylic acids is 1. The van der Waals surface area contributed by atoms with E-state index in [-0.39, 0.29) is 11.3 Å². The smallest absolute Gasteiger partial charge is 0.335 e. The number of nitrogens with zero attached hydrogens (tertiary/aromatic N) is 1. The van der Waals surface area contributed by atoms with Crippen LogP contribution in [0.4, 0.5) is 10.1 Å². The molecule has 1 amide bonds. The number of amides is 1. The largest absolute Gasteiger partial charge is 0.478 e. The van der Waals surface area contributed by atoms with Crippen molar-refractivity contribution in [3.63, 3.8) is 0 Å². The molecule has 0 aliphatic rings. The molecule has 0 radical (unpaired) electrons. The van der Waals surface area contributed by atoms with Gasteiger partial charge in [-0.1, -0.05) is 0 Å². The number of nitrogens with one attached hydrogen (secondary N) is 1. The maximum absolute atomic E-state index is 13.7. The third kappa shape index (κ3) is 3.27. The first-order chi connectivity index (χ1) is 11.0. The second-order valence-electron chi connectivity index (χ2n) is 4.50. The Bertz CT molecular complexity index is 875. The monoisotopic (exact) mass is 348 g/mol. The Hall–Kier alpha value is -2.58. The number of anilines is 1. The number of hydrogen-bond acceptors (Lipinski definition) is 5. The number of rotatable bonds is 4. The van der Waals surface area contributed by atoms with E-state index in [0.29, 0.717) is 9.88 Å². The molecule has 3 aromatic rings. The van der Waals surface area contributed by atoms with Gasteiger partial charge in [0.2, 0.25) is 0 Å². The molecular formula is C15H9FN2O3S2. The van der Waals surface area contributed by atoms with Crippen molar-refractivity contribution < 1.29 is 19.1 Å². The molecule has 0 saturated carbocycles. The van der Waals surface area contributed by atoms with E-state index in [4.69, 9.17) is 5.11 Å². The van der Waals surface area contributed by atoms with Crippen LogP contribution >= 0.6 is 22.7 Å². The molecule has 1 aromatic carbocycles. The van der Waals surface area contributed by atoms with Crippen molar-refractivity contribution in [3.05, 3.63) is 57.5 Å². The van der Waals surface area contributed by atoms with Crippen LogP contribution in [0.1, 0.15) is 20.0 Å². The lowest BCUT2D eigenvalue weighted by Crippen LogP contribution is -2.12. The van der Waals surface area contributed by atoms with Gasteiger partial charge in [-0.2, -0.15) is 11.3 Å². The number of benzene rings is 1. The number of halogens is 1. The van der Waals surface area contributed by atoms with Gasteiger partial charge in [-0.15, -0.1) is 11.3 Å². The van der Waals surface area contributed by atoms with Gasteiger partial charge in [-0.25, -0.2) is 14.2 Å². The van der Waals surface area contributed by atoms with Crippen LogP contribution in [-0.2, 0) is 0 Å². The second-order valence-corrected chi connectivity index (χ2v) is 6.31. The molecule has 0 bridgehead atoms. The minimum atomic E-state index is -1.20. The van der Waals surface area contributed by atoms with Crippen molar-refractivity contribution in [2.75, 3.05) is 5.32 Å². The van der Waals surface area contributed by atoms with Gasteiger partial charge in [-0.05, 0) is 29.6 Å². The van der Waals surface area contributed by atoms with Gasteiger partial charge in [0.25, 0.3) is 5.91 Å². The standard InChI is InChI=1S/C15H9FN2O3S2/c16-10-2-1-8(15(20)21)5-11(10)18-13(19)12-6-17-14(23-12)9-3-4-22-7-9/h1-7H,(H,18,19)(H,20,21). The highest BCUT2D eigenvalue weighted by atomic mass is 32.1. The summed E-state index contributed by atoms with van der Waals surface area (Å²) in [6, 6.07) is 5.11. The molecule has 2 aromatic heterocycles. The first-order valence-corrected chi connectivity index (χ1v) is 8.13. The SMILES string of the molecule is O=C(O)c1ccc(F)c(NC(=O)c2cnc(-c3ccsc3)s2)c1. The van der Waals surface area contributed by atoms with E-state index in [1.54, 1.807) is 0 Å². The van der Waals surface area contributed by atoms with Gasteiger partial charge < -0.3 is 10.4 Å². The molecule has 2 N–H and O–H groups in total. The Morgan fingerprint density at radius 3 is 2.78 bits per heavy atom. The third-order valence-electron chi connectivity index (χ3n) is 2.96. The quantitative estimate of drug-likeness (QED) is 0.748. The lowest BCUT2D eigenvalue weighted by molar-refractivity contribution is 0.0696. The Labute approximate surface area is 138 Å². The maximum atomic E-state index is 13.7. The van der Waals surface area contributed by atoms with Crippen molar-refractivity contribution in [1.29, 1.82) is 0 Å². The first-order valence-electron chi connectivity index (χ1n) is 6.37. The molecule has 0 atom stereocenters. The van der Waals surface area contributed by atoms with Gasteiger partial charge in [0.1, 0.15) is 15.7 Å². The van der Waals surface area contributed by atoms with Crippen LogP contribution < -0.4 is 5.32 Å². The molecule has 0 aliphatic carbocycles. The van der Waals surface area contributed by atoms with Crippen molar-refractivity contribution in [2.24, 2.45) is 0 Å². The Morgan fingerprint density at radius 2 is 2.09 bits per heavy atom. The molecular weight excluding hydrogens is 339 g/mol. The lowest BCUT2D eigenvalue weighted by Gasteiger charge is -2.05. The summed E-state index contributed by atoms with van der Waals surface area (Å²) in [7, 11) is 0. The van der Waals surface area contributed by atoms with Crippen LogP contribution in [0.3, 0.4) is 0 Å². The summed E-state index contributed by atoms with van der Waals surface area (Å²) in [5.74, 6) is -2.44. The molecule has 3 rings (SSSR count). The first kappa shape index (κ1) is 15.3. The molecule has 2 heterocycles. The highest BCUT2D eigenvalue weighted by molar-refractivity contribution is 7.17. The molecule has 23 heavy (non-hydrogen) atoms. The van der Waals surface area contributed by atoms with E-state index >= 15 is 0 Å². The molecule has 5 nitrogen and oxygen atoms in total. The summed E-state index contributed by atoms with van der Waals surface area (Å²) in [4.78, 5) is 27.6. The number of carboxylic acids is 1. The van der Waals surface area contributed by atoms with E-state index in [2.05, 4.69) is 10.3 Å². The predicted molar refractivity (Wildman–Crippen MR) is 86.7 cm³/mol. The second kappa shape index (κ2) is 6.27. The molecule has 8 heteroatoms. The third-order valence-corrected chi connectivity index (χ3v) is 4.69. The molecule has 0 saturated heterocycles. The fourth-order valence-electron chi connectivity index (χ4n) is 1.84. The predicted octanol–water partition coefficient (Wildman–Crippen LogP) is 3.96. The van der Waals surface area contributed by atoms with Gasteiger partial charge in [0.15, 0.2) is 0 Å². The van der Waals surface area contributed by atoms with Crippen LogP contribution in [0.5, 0.6) is 0 Å². The van der Waals surface area contributed by atoms with Crippen LogP contribution in [0, 0.1) is 5.82 Å². The van der Waals surface area contributed by atoms with E-state index in [1.807, 2.05) is 16.8 Å². The lowest BCUT2D eigenvalue weighted by atomic mass is 10.2. The zero-order valence-corrected chi connectivity index (χ0v) is 13.1. The average Bonchev–Trinajstić information content (AvgIpc) is 3.20. The van der Waals surface area contributed by atoms with Crippen LogP contribution in [-0.4, -0.2) is 22.0 Å². The number of thiophene rings is 1. The van der Waals surface area contributed by atoms with Gasteiger partial charge in [0.05, 0.1) is 17.4 Å². The van der Waals surface area contributed by atoms with Crippen LogP contribution in [0.2, 0.25) is 0 Å². The minimum Gasteiger partial charge on any atom is -0.478 e. The van der Waals surface area contributed by atoms with Gasteiger partial charge in [0, 0.05) is 10.9 Å². The Balaban J connectivity index is 1.82. The van der Waals surface area contributed by atoms with Crippen molar-refractivity contribution in [3.8, 4) is 10.6 Å². The number of thiazole rings is 1. The Kier molecular flexibility index (Phi) is 4.18. The van der Waals surface area contributed by atoms with E-state index < -0.39 is 17.7 Å². The van der Waals surface area contributed by atoms with Crippen molar-refractivity contribution >= 4 is 40.2 Å². The number of carbonyl (C=O) groups is 2. The fourth-order valence-corrected chi connectivity index (χ4v) is 3.36. The molecule has 0 spiro atoms. The van der Waals surface area contributed by atoms with Crippen LogP contribution in [0.25, 0.3) is 10.6 Å². The zero-order valence-electron chi connectivity index (χ0n) is 11.4. The molecule has 0 unspecified atom stereocenters. The zero-order chi connectivity index (χ0) is 16.4. The van der Waals surface area contributed by atoms with E-state index in [0.717, 1.165) is 23.8 Å². The topological polar surface area (TPSA) is 79.3 Å². The minimum absolute atomic E-state index is 0.107. The van der Waals surface area contributed by atoms with E-state index in [9.17, 15) is 14.0 Å². The molecule has 116 valence electrons. The fraction of sp³-hybridized carbons (Fsp3) is 0. The summed E-state index contributed by atoms with van der Waals surface area (Å²) < 4.78 is 13.7. The summed E-state index contributed by atoms with van der Waals surface area (Å²) in [5, 5.41) is 15.8. The molecule has 0 fully saturated rings.